The molecule has 1 saturated carbocycles. The van der Waals surface area contributed by atoms with Crippen LogP contribution in [0, 0.1) is 11.8 Å². The second kappa shape index (κ2) is 6.03. The van der Waals surface area contributed by atoms with Crippen LogP contribution in [0.5, 0.6) is 0 Å². The van der Waals surface area contributed by atoms with E-state index in [9.17, 15) is 0 Å². The molecule has 1 aromatic rings. The van der Waals surface area contributed by atoms with Gasteiger partial charge in [0, 0.05) is 6.04 Å². The van der Waals surface area contributed by atoms with Crippen molar-refractivity contribution in [1.29, 1.82) is 0 Å². The minimum Gasteiger partial charge on any atom is -0.314 e. The predicted octanol–water partition coefficient (Wildman–Crippen LogP) is 3.77. The zero-order valence-corrected chi connectivity index (χ0v) is 14.1. The van der Waals surface area contributed by atoms with Gasteiger partial charge < -0.3 is 5.32 Å². The number of rotatable bonds is 3. The van der Waals surface area contributed by atoms with E-state index in [0.717, 1.165) is 17.9 Å². The highest BCUT2D eigenvalue weighted by Gasteiger charge is 2.38. The lowest BCUT2D eigenvalue weighted by atomic mass is 9.73. The van der Waals surface area contributed by atoms with Gasteiger partial charge in [0.1, 0.15) is 0 Å². The largest absolute Gasteiger partial charge is 0.314 e. The predicted molar refractivity (Wildman–Crippen MR) is 90.2 cm³/mol. The van der Waals surface area contributed by atoms with Gasteiger partial charge in [0.2, 0.25) is 0 Å². The molecule has 1 N–H and O–H groups in total. The highest BCUT2D eigenvalue weighted by molar-refractivity contribution is 6.89. The molecular weight excluding hydrogens is 258 g/mol. The van der Waals surface area contributed by atoms with Gasteiger partial charge in [-0.3, -0.25) is 0 Å². The Kier molecular flexibility index (Phi) is 4.32. The lowest BCUT2D eigenvalue weighted by molar-refractivity contribution is 0.149. The Morgan fingerprint density at radius 2 is 1.85 bits per heavy atom. The van der Waals surface area contributed by atoms with Crippen LogP contribution in [0.2, 0.25) is 19.1 Å². The SMILES string of the molecule is C[Si](C)(C[C@@H]1CCC[C@H]2NCCC[C@@H]12)c1ccccc1. The average Bonchev–Trinajstić information content (AvgIpc) is 2.48. The highest BCUT2D eigenvalue weighted by Crippen LogP contribution is 2.39. The molecule has 0 radical (unpaired) electrons. The maximum Gasteiger partial charge on any atom is 0.0809 e. The summed E-state index contributed by atoms with van der Waals surface area (Å²) >= 11 is 0. The van der Waals surface area contributed by atoms with E-state index in [2.05, 4.69) is 48.7 Å². The number of hydrogen-bond acceptors (Lipinski definition) is 1. The minimum atomic E-state index is -1.27. The average molecular weight is 288 g/mol. The van der Waals surface area contributed by atoms with Crippen molar-refractivity contribution in [3.05, 3.63) is 30.3 Å². The number of piperidine rings is 1. The van der Waals surface area contributed by atoms with Crippen LogP contribution in [0.15, 0.2) is 30.3 Å². The van der Waals surface area contributed by atoms with E-state index in [1.165, 1.54) is 44.7 Å². The fourth-order valence-corrected chi connectivity index (χ4v) is 7.74. The summed E-state index contributed by atoms with van der Waals surface area (Å²) in [5.74, 6) is 1.94. The van der Waals surface area contributed by atoms with Crippen LogP contribution < -0.4 is 10.5 Å². The molecule has 1 aromatic carbocycles. The molecule has 0 aromatic heterocycles. The van der Waals surface area contributed by atoms with Crippen LogP contribution in [0.4, 0.5) is 0 Å². The molecule has 20 heavy (non-hydrogen) atoms. The monoisotopic (exact) mass is 287 g/mol. The van der Waals surface area contributed by atoms with Crippen molar-refractivity contribution >= 4 is 13.3 Å². The summed E-state index contributed by atoms with van der Waals surface area (Å²) in [7, 11) is -1.27. The van der Waals surface area contributed by atoms with Gasteiger partial charge in [-0.05, 0) is 37.6 Å². The molecule has 1 nitrogen and oxygen atoms in total. The maximum atomic E-state index is 3.79. The van der Waals surface area contributed by atoms with Crippen molar-refractivity contribution < 1.29 is 0 Å². The summed E-state index contributed by atoms with van der Waals surface area (Å²) in [6.45, 7) is 6.40. The molecule has 1 saturated heterocycles. The Hall–Kier alpha value is -0.603. The summed E-state index contributed by atoms with van der Waals surface area (Å²) in [5.41, 5.74) is 0. The molecule has 0 bridgehead atoms. The normalized spacial score (nSPS) is 30.8. The fraction of sp³-hybridized carbons (Fsp3) is 0.667. The van der Waals surface area contributed by atoms with Gasteiger partial charge in [-0.25, -0.2) is 0 Å². The van der Waals surface area contributed by atoms with Crippen LogP contribution in [0.1, 0.15) is 32.1 Å². The van der Waals surface area contributed by atoms with Crippen LogP contribution in [-0.2, 0) is 0 Å². The van der Waals surface area contributed by atoms with Gasteiger partial charge in [-0.15, -0.1) is 0 Å². The van der Waals surface area contributed by atoms with Crippen LogP contribution in [0.3, 0.4) is 0 Å². The van der Waals surface area contributed by atoms with E-state index >= 15 is 0 Å². The summed E-state index contributed by atoms with van der Waals surface area (Å²) in [4.78, 5) is 0. The first-order valence-corrected chi connectivity index (χ1v) is 11.7. The molecule has 0 unspecified atom stereocenters. The lowest BCUT2D eigenvalue weighted by Crippen LogP contribution is -2.50. The molecule has 2 fully saturated rings. The Labute approximate surface area is 125 Å². The lowest BCUT2D eigenvalue weighted by Gasteiger charge is -2.44. The summed E-state index contributed by atoms with van der Waals surface area (Å²) in [6.07, 6.45) is 7.21. The third-order valence-electron chi connectivity index (χ3n) is 5.66. The molecule has 1 aliphatic carbocycles. The van der Waals surface area contributed by atoms with E-state index < -0.39 is 8.07 Å². The number of nitrogens with one attached hydrogen (secondary N) is 1. The Morgan fingerprint density at radius 3 is 2.65 bits per heavy atom. The number of benzene rings is 1. The third kappa shape index (κ3) is 3.01. The van der Waals surface area contributed by atoms with E-state index in [0.29, 0.717) is 0 Å². The van der Waals surface area contributed by atoms with Gasteiger partial charge in [-0.1, -0.05) is 67.5 Å². The van der Waals surface area contributed by atoms with Crippen LogP contribution >= 0.6 is 0 Å². The van der Waals surface area contributed by atoms with E-state index in [4.69, 9.17) is 0 Å². The smallest absolute Gasteiger partial charge is 0.0809 e. The van der Waals surface area contributed by atoms with Crippen molar-refractivity contribution in [2.75, 3.05) is 6.54 Å². The standard InChI is InChI=1S/C18H29NSi/c1-20(2,16-9-4-3-5-10-16)14-15-8-6-12-18-17(15)11-7-13-19-18/h3-5,9-10,15,17-19H,6-8,11-14H2,1-2H3/t15-,17-,18+/m0/s1. The molecule has 2 heteroatoms. The van der Waals surface area contributed by atoms with E-state index in [1.54, 1.807) is 5.19 Å². The Morgan fingerprint density at radius 1 is 1.05 bits per heavy atom. The summed E-state index contributed by atoms with van der Waals surface area (Å²) in [5, 5.41) is 5.44. The fourth-order valence-electron chi connectivity index (χ4n) is 4.59. The summed E-state index contributed by atoms with van der Waals surface area (Å²) < 4.78 is 0. The van der Waals surface area contributed by atoms with Crippen molar-refractivity contribution in [2.24, 2.45) is 11.8 Å². The molecule has 0 amide bonds. The molecule has 2 aliphatic rings. The molecule has 1 aliphatic heterocycles. The zero-order chi connectivity index (χ0) is 14.0. The van der Waals surface area contributed by atoms with Crippen molar-refractivity contribution in [1.82, 2.24) is 5.32 Å². The quantitative estimate of drug-likeness (QED) is 0.835. The zero-order valence-electron chi connectivity index (χ0n) is 13.1. The second-order valence-electron chi connectivity index (χ2n) is 7.51. The van der Waals surface area contributed by atoms with Crippen LogP contribution in [-0.4, -0.2) is 20.7 Å². The van der Waals surface area contributed by atoms with E-state index in [-0.39, 0.29) is 0 Å². The number of fused-ring (bicyclic) bond motifs is 1. The molecular formula is C18H29NSi. The highest BCUT2D eigenvalue weighted by atomic mass is 28.3. The molecule has 3 atom stereocenters. The summed E-state index contributed by atoms with van der Waals surface area (Å²) in [6, 6.07) is 13.6. The van der Waals surface area contributed by atoms with Crippen molar-refractivity contribution in [2.45, 2.75) is 57.3 Å². The van der Waals surface area contributed by atoms with Crippen molar-refractivity contribution in [3.63, 3.8) is 0 Å². The van der Waals surface area contributed by atoms with Gasteiger partial charge in [0.15, 0.2) is 0 Å². The Bertz CT molecular complexity index is 426. The van der Waals surface area contributed by atoms with Gasteiger partial charge in [-0.2, -0.15) is 0 Å². The maximum absolute atomic E-state index is 3.79. The van der Waals surface area contributed by atoms with Crippen LogP contribution in [0.25, 0.3) is 0 Å². The minimum absolute atomic E-state index is 0.836. The van der Waals surface area contributed by atoms with Crippen molar-refractivity contribution in [3.8, 4) is 0 Å². The topological polar surface area (TPSA) is 12.0 Å². The molecule has 0 spiro atoms. The van der Waals surface area contributed by atoms with Gasteiger partial charge in [0.05, 0.1) is 8.07 Å². The first kappa shape index (κ1) is 14.3. The second-order valence-corrected chi connectivity index (χ2v) is 12.3. The third-order valence-corrected chi connectivity index (χ3v) is 9.10. The van der Waals surface area contributed by atoms with E-state index in [1.807, 2.05) is 0 Å². The first-order chi connectivity index (χ1) is 9.67. The molecule has 1 heterocycles. The number of hydrogen-bond donors (Lipinski definition) is 1. The van der Waals surface area contributed by atoms with Gasteiger partial charge >= 0.3 is 0 Å². The first-order valence-electron chi connectivity index (χ1n) is 8.46. The van der Waals surface area contributed by atoms with Gasteiger partial charge in [0.25, 0.3) is 0 Å². The Balaban J connectivity index is 1.72. The molecule has 110 valence electrons. The molecule has 3 rings (SSSR count).